The lowest BCUT2D eigenvalue weighted by atomic mass is 9.77. The van der Waals surface area contributed by atoms with Gasteiger partial charge in [0.05, 0.1) is 6.33 Å². The molecule has 27 heavy (non-hydrogen) atoms. The Balaban J connectivity index is 2.21. The normalized spacial score (nSPS) is 13.6. The minimum absolute atomic E-state index is 0.541. The smallest absolute Gasteiger partial charge is 0.101 e. The molecule has 0 aliphatic rings. The summed E-state index contributed by atoms with van der Waals surface area (Å²) in [5.74, 6) is 0. The Kier molecular flexibility index (Phi) is 6.31. The third-order valence-corrected chi connectivity index (χ3v) is 5.20. The molecule has 0 saturated carbocycles. The molecule has 3 aromatic rings. The summed E-state index contributed by atoms with van der Waals surface area (Å²) < 4.78 is 2.12. The molecule has 1 unspecified atom stereocenters. The molecule has 1 aromatic heterocycles. The van der Waals surface area contributed by atoms with Crippen LogP contribution in [0.25, 0.3) is 0 Å². The molecule has 0 bridgehead atoms. The number of rotatable bonds is 8. The second-order valence-corrected chi connectivity index (χ2v) is 7.10. The Morgan fingerprint density at radius 1 is 1.15 bits per heavy atom. The van der Waals surface area contributed by atoms with Crippen LogP contribution in [0.15, 0.2) is 97.6 Å². The summed E-state index contributed by atoms with van der Waals surface area (Å²) in [7, 11) is 0. The van der Waals surface area contributed by atoms with E-state index < -0.39 is 5.54 Å². The Labute approximate surface area is 166 Å². The first-order chi connectivity index (χ1) is 13.2. The third-order valence-electron chi connectivity index (χ3n) is 4.87. The summed E-state index contributed by atoms with van der Waals surface area (Å²) >= 11 is 6.70. The lowest BCUT2D eigenvalue weighted by Crippen LogP contribution is -2.38. The van der Waals surface area contributed by atoms with Crippen molar-refractivity contribution in [3.8, 4) is 0 Å². The molecule has 0 aliphatic carbocycles. The molecule has 0 spiro atoms. The van der Waals surface area contributed by atoms with Crippen LogP contribution in [0, 0.1) is 0 Å². The van der Waals surface area contributed by atoms with Gasteiger partial charge in [0.2, 0.25) is 0 Å². The number of allylic oxidation sites excluding steroid dienone is 3. The van der Waals surface area contributed by atoms with Gasteiger partial charge in [0.15, 0.2) is 0 Å². The molecular weight excluding hydrogens is 352 g/mol. The molecule has 0 radical (unpaired) electrons. The lowest BCUT2D eigenvalue weighted by molar-refractivity contribution is 0.426. The van der Waals surface area contributed by atoms with E-state index in [0.29, 0.717) is 0 Å². The zero-order valence-corrected chi connectivity index (χ0v) is 16.4. The number of imidazole rings is 1. The van der Waals surface area contributed by atoms with E-state index >= 15 is 0 Å². The van der Waals surface area contributed by atoms with Crippen LogP contribution >= 0.6 is 11.6 Å². The van der Waals surface area contributed by atoms with E-state index in [-0.39, 0.29) is 0 Å². The fraction of sp³-hybridized carbons (Fsp3) is 0.208. The molecule has 0 saturated heterocycles. The average Bonchev–Trinajstić information content (AvgIpc) is 3.23. The predicted octanol–water partition coefficient (Wildman–Crippen LogP) is 6.44. The molecule has 1 heterocycles. The molecule has 0 aliphatic heterocycles. The van der Waals surface area contributed by atoms with Gasteiger partial charge in [-0.2, -0.15) is 0 Å². The standard InChI is InChI=1S/C24H25ClN2/c1-3-4-6-11-20(2)24(27-17-16-26-19-27,18-21-12-7-5-8-13-21)22-14-9-10-15-23(22)25/h5-17,19H,2-4,18H2,1H3/b11-6-. The summed E-state index contributed by atoms with van der Waals surface area (Å²) in [6.45, 7) is 6.65. The summed E-state index contributed by atoms with van der Waals surface area (Å²) in [6.07, 6.45) is 12.8. The second kappa shape index (κ2) is 8.88. The van der Waals surface area contributed by atoms with E-state index in [4.69, 9.17) is 11.6 Å². The van der Waals surface area contributed by atoms with Crippen molar-refractivity contribution in [2.45, 2.75) is 31.7 Å². The summed E-state index contributed by atoms with van der Waals surface area (Å²) in [5, 5.41) is 0.729. The number of hydrogen-bond donors (Lipinski definition) is 0. The molecule has 2 nitrogen and oxygen atoms in total. The molecule has 0 N–H and O–H groups in total. The maximum absolute atomic E-state index is 6.70. The molecule has 3 rings (SSSR count). The van der Waals surface area contributed by atoms with Crippen LogP contribution < -0.4 is 0 Å². The molecule has 0 fully saturated rings. The van der Waals surface area contributed by atoms with Gasteiger partial charge >= 0.3 is 0 Å². The first-order valence-electron chi connectivity index (χ1n) is 9.31. The number of halogens is 1. The van der Waals surface area contributed by atoms with Gasteiger partial charge in [-0.25, -0.2) is 4.98 Å². The van der Waals surface area contributed by atoms with Gasteiger partial charge in [0, 0.05) is 29.4 Å². The van der Waals surface area contributed by atoms with Crippen LogP contribution in [0.3, 0.4) is 0 Å². The van der Waals surface area contributed by atoms with Gasteiger partial charge in [-0.3, -0.25) is 0 Å². The molecule has 138 valence electrons. The van der Waals surface area contributed by atoms with Crippen molar-refractivity contribution in [2.24, 2.45) is 0 Å². The van der Waals surface area contributed by atoms with E-state index in [0.717, 1.165) is 35.4 Å². The van der Waals surface area contributed by atoms with Crippen molar-refractivity contribution in [3.63, 3.8) is 0 Å². The quantitative estimate of drug-likeness (QED) is 0.414. The van der Waals surface area contributed by atoms with Crippen LogP contribution in [0.2, 0.25) is 5.02 Å². The monoisotopic (exact) mass is 376 g/mol. The summed E-state index contributed by atoms with van der Waals surface area (Å²) in [5.41, 5.74) is 2.70. The molecule has 1 atom stereocenters. The Hall–Kier alpha value is -2.58. The average molecular weight is 377 g/mol. The number of benzene rings is 2. The largest absolute Gasteiger partial charge is 0.323 e. The maximum Gasteiger partial charge on any atom is 0.101 e. The lowest BCUT2D eigenvalue weighted by Gasteiger charge is -2.38. The van der Waals surface area contributed by atoms with E-state index in [9.17, 15) is 0 Å². The van der Waals surface area contributed by atoms with Gasteiger partial charge in [0.25, 0.3) is 0 Å². The van der Waals surface area contributed by atoms with Crippen LogP contribution in [-0.2, 0) is 12.0 Å². The molecule has 3 heteroatoms. The second-order valence-electron chi connectivity index (χ2n) is 6.69. The van der Waals surface area contributed by atoms with Crippen LogP contribution in [0.4, 0.5) is 0 Å². The molecule has 0 amide bonds. The first-order valence-corrected chi connectivity index (χ1v) is 9.69. The Morgan fingerprint density at radius 2 is 1.89 bits per heavy atom. The number of hydrogen-bond acceptors (Lipinski definition) is 1. The number of nitrogens with zero attached hydrogens (tertiary/aromatic N) is 2. The fourth-order valence-electron chi connectivity index (χ4n) is 3.48. The highest BCUT2D eigenvalue weighted by atomic mass is 35.5. The van der Waals surface area contributed by atoms with Gasteiger partial charge in [0.1, 0.15) is 5.54 Å². The first kappa shape index (κ1) is 19.2. The molecular formula is C24H25ClN2. The van der Waals surface area contributed by atoms with E-state index in [1.807, 2.05) is 36.8 Å². The highest BCUT2D eigenvalue weighted by Gasteiger charge is 2.37. The molecule has 2 aromatic carbocycles. The number of aromatic nitrogens is 2. The highest BCUT2D eigenvalue weighted by Crippen LogP contribution is 2.41. The predicted molar refractivity (Wildman–Crippen MR) is 114 cm³/mol. The van der Waals surface area contributed by atoms with Crippen molar-refractivity contribution < 1.29 is 0 Å². The topological polar surface area (TPSA) is 17.8 Å². The zero-order chi connectivity index (χ0) is 19.1. The maximum atomic E-state index is 6.70. The summed E-state index contributed by atoms with van der Waals surface area (Å²) in [4.78, 5) is 4.32. The van der Waals surface area contributed by atoms with Crippen LogP contribution in [0.5, 0.6) is 0 Å². The minimum atomic E-state index is -0.541. The fourth-order valence-corrected chi connectivity index (χ4v) is 3.77. The van der Waals surface area contributed by atoms with Crippen LogP contribution in [-0.4, -0.2) is 9.55 Å². The van der Waals surface area contributed by atoms with Crippen molar-refractivity contribution in [1.29, 1.82) is 0 Å². The minimum Gasteiger partial charge on any atom is -0.323 e. The van der Waals surface area contributed by atoms with E-state index in [2.05, 4.69) is 65.5 Å². The summed E-state index contributed by atoms with van der Waals surface area (Å²) in [6, 6.07) is 18.5. The Bertz CT molecular complexity index is 897. The Morgan fingerprint density at radius 3 is 2.56 bits per heavy atom. The highest BCUT2D eigenvalue weighted by molar-refractivity contribution is 6.31. The van der Waals surface area contributed by atoms with Crippen LogP contribution in [0.1, 0.15) is 30.9 Å². The number of unbranched alkanes of at least 4 members (excludes halogenated alkanes) is 1. The zero-order valence-electron chi connectivity index (χ0n) is 15.7. The van der Waals surface area contributed by atoms with Gasteiger partial charge in [-0.05, 0) is 23.6 Å². The van der Waals surface area contributed by atoms with Crippen molar-refractivity contribution >= 4 is 11.6 Å². The third kappa shape index (κ3) is 4.06. The van der Waals surface area contributed by atoms with Gasteiger partial charge < -0.3 is 4.57 Å². The SMILES string of the molecule is C=C(/C=C\CCC)C(Cc1ccccc1)(c1ccccc1Cl)n1ccnc1. The van der Waals surface area contributed by atoms with Crippen molar-refractivity contribution in [1.82, 2.24) is 9.55 Å². The van der Waals surface area contributed by atoms with E-state index in [1.165, 1.54) is 5.56 Å². The van der Waals surface area contributed by atoms with Gasteiger partial charge in [-0.15, -0.1) is 0 Å². The van der Waals surface area contributed by atoms with Crippen molar-refractivity contribution in [2.75, 3.05) is 0 Å². The van der Waals surface area contributed by atoms with E-state index in [1.54, 1.807) is 6.20 Å². The van der Waals surface area contributed by atoms with Crippen molar-refractivity contribution in [3.05, 3.63) is 114 Å². The van der Waals surface area contributed by atoms with Gasteiger partial charge in [-0.1, -0.05) is 92.2 Å².